The van der Waals surface area contributed by atoms with Crippen LogP contribution in [0.5, 0.6) is 0 Å². The molecule has 1 aliphatic heterocycles. The SMILES string of the molecule is CN=C(NC)NCCCCN1C[C@H](C)C[C@@H](C)C1. The summed E-state index contributed by atoms with van der Waals surface area (Å²) in [4.78, 5) is 6.73. The highest BCUT2D eigenvalue weighted by Gasteiger charge is 2.20. The van der Waals surface area contributed by atoms with E-state index < -0.39 is 0 Å². The lowest BCUT2D eigenvalue weighted by atomic mass is 9.92. The van der Waals surface area contributed by atoms with Crippen LogP contribution in [0.25, 0.3) is 0 Å². The summed E-state index contributed by atoms with van der Waals surface area (Å²) in [6, 6.07) is 0. The van der Waals surface area contributed by atoms with Gasteiger partial charge in [-0.3, -0.25) is 4.99 Å². The van der Waals surface area contributed by atoms with E-state index in [9.17, 15) is 0 Å². The van der Waals surface area contributed by atoms with E-state index in [1.807, 2.05) is 7.05 Å². The van der Waals surface area contributed by atoms with E-state index >= 15 is 0 Å². The van der Waals surface area contributed by atoms with Gasteiger partial charge in [-0.25, -0.2) is 0 Å². The summed E-state index contributed by atoms with van der Waals surface area (Å²) in [6.45, 7) is 9.58. The summed E-state index contributed by atoms with van der Waals surface area (Å²) in [7, 11) is 3.70. The Bertz CT molecular complexity index is 242. The second-order valence-electron chi connectivity index (χ2n) is 5.66. The number of aliphatic imine (C=N–C) groups is 1. The van der Waals surface area contributed by atoms with Crippen molar-refractivity contribution in [2.45, 2.75) is 33.1 Å². The summed E-state index contributed by atoms with van der Waals surface area (Å²) < 4.78 is 0. The number of nitrogens with one attached hydrogen (secondary N) is 2. The highest BCUT2D eigenvalue weighted by Crippen LogP contribution is 2.20. The maximum absolute atomic E-state index is 4.10. The van der Waals surface area contributed by atoms with Gasteiger partial charge in [0, 0.05) is 33.7 Å². The molecule has 0 aliphatic carbocycles. The molecule has 0 radical (unpaired) electrons. The standard InChI is InChI=1S/C14H30N4/c1-12-9-13(2)11-18(10-12)8-6-5-7-17-14(15-3)16-4/h12-13H,5-11H2,1-4H3,(H2,15,16,17)/t12-,13-/m1/s1. The lowest BCUT2D eigenvalue weighted by molar-refractivity contribution is 0.139. The van der Waals surface area contributed by atoms with Gasteiger partial charge in [0.15, 0.2) is 5.96 Å². The van der Waals surface area contributed by atoms with E-state index in [4.69, 9.17) is 0 Å². The molecule has 0 saturated carbocycles. The third-order valence-corrected chi connectivity index (χ3v) is 3.60. The van der Waals surface area contributed by atoms with Gasteiger partial charge in [-0.05, 0) is 37.6 Å². The molecule has 0 aromatic heterocycles. The fourth-order valence-electron chi connectivity index (χ4n) is 2.92. The van der Waals surface area contributed by atoms with Crippen molar-refractivity contribution in [3.8, 4) is 0 Å². The van der Waals surface area contributed by atoms with Gasteiger partial charge < -0.3 is 15.5 Å². The molecule has 4 nitrogen and oxygen atoms in total. The first-order valence-corrected chi connectivity index (χ1v) is 7.26. The van der Waals surface area contributed by atoms with Crippen LogP contribution in [-0.4, -0.2) is 51.1 Å². The van der Waals surface area contributed by atoms with Crippen LogP contribution >= 0.6 is 0 Å². The molecular formula is C14H30N4. The molecule has 0 bridgehead atoms. The average Bonchev–Trinajstić information content (AvgIpc) is 2.32. The molecule has 106 valence electrons. The third kappa shape index (κ3) is 5.71. The summed E-state index contributed by atoms with van der Waals surface area (Å²) >= 11 is 0. The number of rotatable bonds is 5. The van der Waals surface area contributed by atoms with Crippen LogP contribution in [0.3, 0.4) is 0 Å². The van der Waals surface area contributed by atoms with Crippen LogP contribution in [0.4, 0.5) is 0 Å². The number of hydrogen-bond acceptors (Lipinski definition) is 2. The lowest BCUT2D eigenvalue weighted by Gasteiger charge is -2.34. The van der Waals surface area contributed by atoms with Gasteiger partial charge in [-0.15, -0.1) is 0 Å². The van der Waals surface area contributed by atoms with Gasteiger partial charge in [0.25, 0.3) is 0 Å². The molecule has 4 heteroatoms. The Labute approximate surface area is 112 Å². The molecule has 1 fully saturated rings. The van der Waals surface area contributed by atoms with Gasteiger partial charge in [0.1, 0.15) is 0 Å². The smallest absolute Gasteiger partial charge is 0.190 e. The molecule has 2 atom stereocenters. The average molecular weight is 254 g/mol. The molecular weight excluding hydrogens is 224 g/mol. The summed E-state index contributed by atoms with van der Waals surface area (Å²) in [6.07, 6.45) is 3.88. The second-order valence-corrected chi connectivity index (χ2v) is 5.66. The number of unbranched alkanes of at least 4 members (excludes halogenated alkanes) is 1. The molecule has 0 aromatic carbocycles. The lowest BCUT2D eigenvalue weighted by Crippen LogP contribution is -2.39. The van der Waals surface area contributed by atoms with Gasteiger partial charge in [-0.1, -0.05) is 13.8 Å². The Morgan fingerprint density at radius 3 is 2.44 bits per heavy atom. The first-order chi connectivity index (χ1) is 8.65. The summed E-state index contributed by atoms with van der Waals surface area (Å²) in [5, 5.41) is 6.33. The van der Waals surface area contributed by atoms with Crippen molar-refractivity contribution in [1.82, 2.24) is 15.5 Å². The molecule has 1 aliphatic rings. The predicted octanol–water partition coefficient (Wildman–Crippen LogP) is 1.54. The van der Waals surface area contributed by atoms with Gasteiger partial charge in [0.05, 0.1) is 0 Å². The molecule has 0 unspecified atom stereocenters. The van der Waals surface area contributed by atoms with Crippen LogP contribution in [0, 0.1) is 11.8 Å². The number of likely N-dealkylation sites (tertiary alicyclic amines) is 1. The van der Waals surface area contributed by atoms with Gasteiger partial charge in [-0.2, -0.15) is 0 Å². The van der Waals surface area contributed by atoms with Crippen LogP contribution in [0.2, 0.25) is 0 Å². The van der Waals surface area contributed by atoms with E-state index in [1.165, 1.54) is 38.9 Å². The van der Waals surface area contributed by atoms with Crippen molar-refractivity contribution in [3.63, 3.8) is 0 Å². The second kappa shape index (κ2) is 8.35. The van der Waals surface area contributed by atoms with Crippen molar-refractivity contribution in [3.05, 3.63) is 0 Å². The molecule has 1 saturated heterocycles. The van der Waals surface area contributed by atoms with Crippen LogP contribution in [0.15, 0.2) is 4.99 Å². The topological polar surface area (TPSA) is 39.7 Å². The van der Waals surface area contributed by atoms with Crippen molar-refractivity contribution in [2.75, 3.05) is 40.3 Å². The van der Waals surface area contributed by atoms with Gasteiger partial charge in [0.2, 0.25) is 0 Å². The normalized spacial score (nSPS) is 26.1. The van der Waals surface area contributed by atoms with Crippen molar-refractivity contribution in [2.24, 2.45) is 16.8 Å². The monoisotopic (exact) mass is 254 g/mol. The first-order valence-electron chi connectivity index (χ1n) is 7.26. The molecule has 2 N–H and O–H groups in total. The zero-order valence-corrected chi connectivity index (χ0v) is 12.5. The van der Waals surface area contributed by atoms with E-state index in [0.29, 0.717) is 0 Å². The number of hydrogen-bond donors (Lipinski definition) is 2. The van der Waals surface area contributed by atoms with E-state index in [1.54, 1.807) is 7.05 Å². The first kappa shape index (κ1) is 15.3. The van der Waals surface area contributed by atoms with Crippen LogP contribution in [0.1, 0.15) is 33.1 Å². The molecule has 0 amide bonds. The highest BCUT2D eigenvalue weighted by atomic mass is 15.2. The predicted molar refractivity (Wildman–Crippen MR) is 79.0 cm³/mol. The Hall–Kier alpha value is -0.770. The molecule has 1 heterocycles. The fraction of sp³-hybridized carbons (Fsp3) is 0.929. The van der Waals surface area contributed by atoms with E-state index in [2.05, 4.69) is 34.4 Å². The van der Waals surface area contributed by atoms with E-state index in [0.717, 1.165) is 24.3 Å². The van der Waals surface area contributed by atoms with E-state index in [-0.39, 0.29) is 0 Å². The van der Waals surface area contributed by atoms with Crippen LogP contribution in [-0.2, 0) is 0 Å². The minimum Gasteiger partial charge on any atom is -0.359 e. The minimum absolute atomic E-state index is 0.870. The summed E-state index contributed by atoms with van der Waals surface area (Å²) in [5.74, 6) is 2.63. The molecule has 0 aromatic rings. The largest absolute Gasteiger partial charge is 0.359 e. The highest BCUT2D eigenvalue weighted by molar-refractivity contribution is 5.79. The maximum Gasteiger partial charge on any atom is 0.190 e. The Morgan fingerprint density at radius 2 is 1.89 bits per heavy atom. The Kier molecular flexibility index (Phi) is 7.09. The van der Waals surface area contributed by atoms with Gasteiger partial charge >= 0.3 is 0 Å². The number of nitrogens with zero attached hydrogens (tertiary/aromatic N) is 2. The molecule has 1 rings (SSSR count). The van der Waals surface area contributed by atoms with Crippen LogP contribution < -0.4 is 10.6 Å². The number of piperidine rings is 1. The Balaban J connectivity index is 2.07. The summed E-state index contributed by atoms with van der Waals surface area (Å²) in [5.41, 5.74) is 0. The Morgan fingerprint density at radius 1 is 1.22 bits per heavy atom. The minimum atomic E-state index is 0.870. The van der Waals surface area contributed by atoms with Crippen molar-refractivity contribution in [1.29, 1.82) is 0 Å². The zero-order valence-electron chi connectivity index (χ0n) is 12.5. The third-order valence-electron chi connectivity index (χ3n) is 3.60. The van der Waals surface area contributed by atoms with Crippen molar-refractivity contribution >= 4 is 5.96 Å². The van der Waals surface area contributed by atoms with Crippen molar-refractivity contribution < 1.29 is 0 Å². The number of guanidine groups is 1. The fourth-order valence-corrected chi connectivity index (χ4v) is 2.92. The quantitative estimate of drug-likeness (QED) is 0.444. The molecule has 0 spiro atoms. The molecule has 18 heavy (non-hydrogen) atoms. The maximum atomic E-state index is 4.10. The zero-order chi connectivity index (χ0) is 13.4.